The highest BCUT2D eigenvalue weighted by Gasteiger charge is 2.13. The van der Waals surface area contributed by atoms with Gasteiger partial charge in [-0.1, -0.05) is 74.9 Å². The normalized spacial score (nSPS) is 13.2. The van der Waals surface area contributed by atoms with Gasteiger partial charge in [-0.3, -0.25) is 0 Å². The second kappa shape index (κ2) is 6.44. The summed E-state index contributed by atoms with van der Waals surface area (Å²) in [4.78, 5) is 0. The molecule has 21 heavy (non-hydrogen) atoms. The van der Waals surface area contributed by atoms with Gasteiger partial charge in [0.1, 0.15) is 0 Å². The second-order valence-corrected chi connectivity index (χ2v) is 6.91. The fourth-order valence-electron chi connectivity index (χ4n) is 2.43. The van der Waals surface area contributed by atoms with Crippen LogP contribution in [0.25, 0.3) is 0 Å². The first kappa shape index (κ1) is 15.8. The van der Waals surface area contributed by atoms with Gasteiger partial charge in [-0.15, -0.1) is 0 Å². The van der Waals surface area contributed by atoms with Crippen molar-refractivity contribution in [1.82, 2.24) is 0 Å². The molecular formula is C20H26O. The lowest BCUT2D eigenvalue weighted by molar-refractivity contribution is 0.168. The van der Waals surface area contributed by atoms with Crippen LogP contribution < -0.4 is 0 Å². The van der Waals surface area contributed by atoms with Crippen molar-refractivity contribution in [3.63, 3.8) is 0 Å². The van der Waals surface area contributed by atoms with Crippen molar-refractivity contribution in [3.05, 3.63) is 70.8 Å². The molecule has 0 aliphatic carbocycles. The smallest absolute Gasteiger partial charge is 0.0793 e. The fraction of sp³-hybridized carbons (Fsp3) is 0.400. The standard InChI is InChI=1S/C20H26O/c1-15-5-10-17(11-6-15)19(21)14-9-16-7-12-18(13-8-16)20(2,3)4/h5-8,10-13,19,21H,9,14H2,1-4H3. The van der Waals surface area contributed by atoms with Gasteiger partial charge in [0, 0.05) is 0 Å². The number of aliphatic hydroxyl groups is 1. The molecule has 0 bridgehead atoms. The van der Waals surface area contributed by atoms with Crippen LogP contribution in [0.1, 0.15) is 55.5 Å². The van der Waals surface area contributed by atoms with E-state index in [1.165, 1.54) is 16.7 Å². The van der Waals surface area contributed by atoms with E-state index in [-0.39, 0.29) is 11.5 Å². The molecule has 0 aromatic heterocycles. The molecule has 0 saturated carbocycles. The van der Waals surface area contributed by atoms with E-state index >= 15 is 0 Å². The van der Waals surface area contributed by atoms with E-state index in [1.54, 1.807) is 0 Å². The van der Waals surface area contributed by atoms with Crippen molar-refractivity contribution in [2.24, 2.45) is 0 Å². The molecule has 0 amide bonds. The van der Waals surface area contributed by atoms with Gasteiger partial charge >= 0.3 is 0 Å². The van der Waals surface area contributed by atoms with Gasteiger partial charge in [-0.25, -0.2) is 0 Å². The molecule has 2 rings (SSSR count). The van der Waals surface area contributed by atoms with Crippen LogP contribution in [-0.4, -0.2) is 5.11 Å². The molecule has 0 aliphatic rings. The minimum atomic E-state index is -0.382. The summed E-state index contributed by atoms with van der Waals surface area (Å²) in [7, 11) is 0. The molecular weight excluding hydrogens is 256 g/mol. The first-order chi connectivity index (χ1) is 9.86. The van der Waals surface area contributed by atoms with Crippen molar-refractivity contribution < 1.29 is 5.11 Å². The first-order valence-corrected chi connectivity index (χ1v) is 7.70. The fourth-order valence-corrected chi connectivity index (χ4v) is 2.43. The summed E-state index contributed by atoms with van der Waals surface area (Å²) in [5.74, 6) is 0. The van der Waals surface area contributed by atoms with Crippen molar-refractivity contribution >= 4 is 0 Å². The lowest BCUT2D eigenvalue weighted by atomic mass is 9.86. The highest BCUT2D eigenvalue weighted by molar-refractivity contribution is 5.28. The van der Waals surface area contributed by atoms with Gasteiger partial charge in [0.05, 0.1) is 6.10 Å². The molecule has 2 aromatic carbocycles. The third kappa shape index (κ3) is 4.44. The Morgan fingerprint density at radius 2 is 1.48 bits per heavy atom. The maximum absolute atomic E-state index is 10.3. The molecule has 1 unspecified atom stereocenters. The molecule has 1 atom stereocenters. The number of aryl methyl sites for hydroxylation is 2. The molecule has 0 radical (unpaired) electrons. The number of rotatable bonds is 4. The van der Waals surface area contributed by atoms with E-state index in [0.29, 0.717) is 0 Å². The summed E-state index contributed by atoms with van der Waals surface area (Å²) in [6.07, 6.45) is 1.28. The monoisotopic (exact) mass is 282 g/mol. The van der Waals surface area contributed by atoms with Crippen LogP contribution in [0, 0.1) is 6.92 Å². The molecule has 1 heteroatoms. The minimum Gasteiger partial charge on any atom is -0.388 e. The molecule has 1 N–H and O–H groups in total. The molecule has 112 valence electrons. The average Bonchev–Trinajstić information content (AvgIpc) is 2.45. The zero-order valence-electron chi connectivity index (χ0n) is 13.6. The van der Waals surface area contributed by atoms with Gasteiger partial charge in [0.15, 0.2) is 0 Å². The molecule has 0 aliphatic heterocycles. The van der Waals surface area contributed by atoms with Gasteiger partial charge < -0.3 is 5.11 Å². The van der Waals surface area contributed by atoms with Crippen LogP contribution >= 0.6 is 0 Å². The van der Waals surface area contributed by atoms with E-state index in [9.17, 15) is 5.11 Å². The Morgan fingerprint density at radius 1 is 0.905 bits per heavy atom. The average molecular weight is 282 g/mol. The molecule has 1 nitrogen and oxygen atoms in total. The third-order valence-corrected chi connectivity index (χ3v) is 3.99. The van der Waals surface area contributed by atoms with Crippen LogP contribution in [-0.2, 0) is 11.8 Å². The number of benzene rings is 2. The Labute approximate surface area is 128 Å². The van der Waals surface area contributed by atoms with Crippen molar-refractivity contribution in [2.45, 2.75) is 52.1 Å². The van der Waals surface area contributed by atoms with E-state index in [4.69, 9.17) is 0 Å². The Kier molecular flexibility index (Phi) is 4.84. The highest BCUT2D eigenvalue weighted by Crippen LogP contribution is 2.24. The molecule has 0 spiro atoms. The highest BCUT2D eigenvalue weighted by atomic mass is 16.3. The van der Waals surface area contributed by atoms with E-state index in [0.717, 1.165) is 18.4 Å². The van der Waals surface area contributed by atoms with Crippen LogP contribution in [0.5, 0.6) is 0 Å². The van der Waals surface area contributed by atoms with Gasteiger partial charge in [-0.2, -0.15) is 0 Å². The third-order valence-electron chi connectivity index (χ3n) is 3.99. The summed E-state index contributed by atoms with van der Waals surface area (Å²) in [6, 6.07) is 16.9. The number of hydrogen-bond acceptors (Lipinski definition) is 1. The quantitative estimate of drug-likeness (QED) is 0.840. The molecule has 0 saturated heterocycles. The first-order valence-electron chi connectivity index (χ1n) is 7.70. The summed E-state index contributed by atoms with van der Waals surface area (Å²) in [5.41, 5.74) is 5.06. The summed E-state index contributed by atoms with van der Waals surface area (Å²) < 4.78 is 0. The Hall–Kier alpha value is -1.60. The minimum absolute atomic E-state index is 0.194. The maximum atomic E-state index is 10.3. The van der Waals surface area contributed by atoms with Crippen LogP contribution in [0.15, 0.2) is 48.5 Å². The van der Waals surface area contributed by atoms with Crippen LogP contribution in [0.2, 0.25) is 0 Å². The zero-order chi connectivity index (χ0) is 15.5. The second-order valence-electron chi connectivity index (χ2n) is 6.91. The summed E-state index contributed by atoms with van der Waals surface area (Å²) in [6.45, 7) is 8.74. The lowest BCUT2D eigenvalue weighted by Gasteiger charge is -2.19. The van der Waals surface area contributed by atoms with E-state index < -0.39 is 0 Å². The molecule has 0 fully saturated rings. The van der Waals surface area contributed by atoms with E-state index in [2.05, 4.69) is 64.1 Å². The SMILES string of the molecule is Cc1ccc(C(O)CCc2ccc(C(C)(C)C)cc2)cc1. The lowest BCUT2D eigenvalue weighted by Crippen LogP contribution is -2.10. The number of hydrogen-bond donors (Lipinski definition) is 1. The van der Waals surface area contributed by atoms with Gasteiger partial charge in [0.25, 0.3) is 0 Å². The van der Waals surface area contributed by atoms with Gasteiger partial charge in [0.2, 0.25) is 0 Å². The maximum Gasteiger partial charge on any atom is 0.0793 e. The van der Waals surface area contributed by atoms with Crippen LogP contribution in [0.4, 0.5) is 0 Å². The molecule has 0 heterocycles. The summed E-state index contributed by atoms with van der Waals surface area (Å²) >= 11 is 0. The summed E-state index contributed by atoms with van der Waals surface area (Å²) in [5, 5.41) is 10.3. The van der Waals surface area contributed by atoms with Crippen LogP contribution in [0.3, 0.4) is 0 Å². The molecule has 2 aromatic rings. The Morgan fingerprint density at radius 3 is 2.00 bits per heavy atom. The van der Waals surface area contributed by atoms with Gasteiger partial charge in [-0.05, 0) is 41.9 Å². The number of aliphatic hydroxyl groups excluding tert-OH is 1. The van der Waals surface area contributed by atoms with E-state index in [1.807, 2.05) is 12.1 Å². The van der Waals surface area contributed by atoms with Crippen molar-refractivity contribution in [1.29, 1.82) is 0 Å². The predicted molar refractivity (Wildman–Crippen MR) is 89.6 cm³/mol. The largest absolute Gasteiger partial charge is 0.388 e. The van der Waals surface area contributed by atoms with Crippen molar-refractivity contribution in [2.75, 3.05) is 0 Å². The Bertz CT molecular complexity index is 558. The predicted octanol–water partition coefficient (Wildman–Crippen LogP) is 4.96. The zero-order valence-corrected chi connectivity index (χ0v) is 13.6. The topological polar surface area (TPSA) is 20.2 Å². The Balaban J connectivity index is 1.95. The van der Waals surface area contributed by atoms with Crippen molar-refractivity contribution in [3.8, 4) is 0 Å².